The number of carboxylic acids is 1. The minimum atomic E-state index is -0.874. The van der Waals surface area contributed by atoms with Crippen LogP contribution < -0.4 is 0 Å². The molecule has 0 unspecified atom stereocenters. The molecule has 0 aromatic heterocycles. The van der Waals surface area contributed by atoms with Crippen LogP contribution >= 0.6 is 0 Å². The van der Waals surface area contributed by atoms with E-state index >= 15 is 0 Å². The van der Waals surface area contributed by atoms with Gasteiger partial charge in [-0.2, -0.15) is 0 Å². The fourth-order valence-corrected chi connectivity index (χ4v) is 1.46. The van der Waals surface area contributed by atoms with Crippen LogP contribution in [0.15, 0.2) is 0 Å². The highest BCUT2D eigenvalue weighted by Crippen LogP contribution is 2.23. The Morgan fingerprint density at radius 1 is 1.18 bits per heavy atom. The molecule has 0 aliphatic rings. The van der Waals surface area contributed by atoms with E-state index in [0.29, 0.717) is 13.0 Å². The molecule has 0 aliphatic carbocycles. The summed E-state index contributed by atoms with van der Waals surface area (Å²) >= 11 is 0. The van der Waals surface area contributed by atoms with Crippen LogP contribution in [-0.2, 0) is 14.3 Å². The standard InChI is InChI=1S/C13H24O4/c1-4-5-9-13(2,3)10-17-12(16)8-6-7-11(14)15/h4-10H2,1-3H3,(H,14,15). The second kappa shape index (κ2) is 8.09. The maximum atomic E-state index is 11.3. The molecule has 0 aromatic carbocycles. The zero-order valence-electron chi connectivity index (χ0n) is 11.1. The Hall–Kier alpha value is -1.06. The predicted molar refractivity (Wildman–Crippen MR) is 65.8 cm³/mol. The van der Waals surface area contributed by atoms with Gasteiger partial charge in [0, 0.05) is 12.8 Å². The monoisotopic (exact) mass is 244 g/mol. The highest BCUT2D eigenvalue weighted by molar-refractivity contribution is 5.71. The topological polar surface area (TPSA) is 63.6 Å². The molecular formula is C13H24O4. The molecular weight excluding hydrogens is 220 g/mol. The van der Waals surface area contributed by atoms with E-state index in [9.17, 15) is 9.59 Å². The Morgan fingerprint density at radius 3 is 2.35 bits per heavy atom. The molecule has 0 fully saturated rings. The summed E-state index contributed by atoms with van der Waals surface area (Å²) in [5, 5.41) is 8.43. The molecule has 0 saturated heterocycles. The lowest BCUT2D eigenvalue weighted by Gasteiger charge is -2.23. The summed E-state index contributed by atoms with van der Waals surface area (Å²) < 4.78 is 5.15. The van der Waals surface area contributed by atoms with Crippen molar-refractivity contribution in [3.63, 3.8) is 0 Å². The van der Waals surface area contributed by atoms with Crippen molar-refractivity contribution < 1.29 is 19.4 Å². The van der Waals surface area contributed by atoms with Gasteiger partial charge in [0.15, 0.2) is 0 Å². The summed E-state index contributed by atoms with van der Waals surface area (Å²) in [6.07, 6.45) is 3.86. The van der Waals surface area contributed by atoms with Crippen molar-refractivity contribution in [3.05, 3.63) is 0 Å². The van der Waals surface area contributed by atoms with E-state index in [0.717, 1.165) is 19.3 Å². The van der Waals surface area contributed by atoms with E-state index in [-0.39, 0.29) is 24.2 Å². The smallest absolute Gasteiger partial charge is 0.305 e. The van der Waals surface area contributed by atoms with Crippen molar-refractivity contribution in [3.8, 4) is 0 Å². The number of unbranched alkanes of at least 4 members (excludes halogenated alkanes) is 1. The fraction of sp³-hybridized carbons (Fsp3) is 0.846. The SMILES string of the molecule is CCCCC(C)(C)COC(=O)CCCC(=O)O. The number of carbonyl (C=O) groups is 2. The molecule has 0 saturated carbocycles. The van der Waals surface area contributed by atoms with E-state index < -0.39 is 5.97 Å². The van der Waals surface area contributed by atoms with E-state index in [1.54, 1.807) is 0 Å². The van der Waals surface area contributed by atoms with Gasteiger partial charge in [0.2, 0.25) is 0 Å². The summed E-state index contributed by atoms with van der Waals surface area (Å²) in [6.45, 7) is 6.70. The molecule has 0 radical (unpaired) electrons. The van der Waals surface area contributed by atoms with Gasteiger partial charge in [0.1, 0.15) is 0 Å². The van der Waals surface area contributed by atoms with Gasteiger partial charge in [-0.25, -0.2) is 0 Å². The minimum Gasteiger partial charge on any atom is -0.481 e. The lowest BCUT2D eigenvalue weighted by molar-refractivity contribution is -0.147. The van der Waals surface area contributed by atoms with Gasteiger partial charge in [-0.05, 0) is 18.3 Å². The van der Waals surface area contributed by atoms with Gasteiger partial charge in [-0.1, -0.05) is 33.6 Å². The molecule has 1 N–H and O–H groups in total. The number of esters is 1. The second-order valence-corrected chi connectivity index (χ2v) is 5.18. The summed E-state index contributed by atoms with van der Waals surface area (Å²) in [5.74, 6) is -1.17. The molecule has 0 spiro atoms. The summed E-state index contributed by atoms with van der Waals surface area (Å²) in [6, 6.07) is 0. The zero-order chi connectivity index (χ0) is 13.3. The van der Waals surface area contributed by atoms with Crippen molar-refractivity contribution in [2.75, 3.05) is 6.61 Å². The van der Waals surface area contributed by atoms with Crippen LogP contribution in [-0.4, -0.2) is 23.7 Å². The molecule has 0 aliphatic heterocycles. The van der Waals surface area contributed by atoms with Gasteiger partial charge < -0.3 is 9.84 Å². The first kappa shape index (κ1) is 15.9. The summed E-state index contributed by atoms with van der Waals surface area (Å²) in [4.78, 5) is 21.6. The molecule has 17 heavy (non-hydrogen) atoms. The third-order valence-corrected chi connectivity index (χ3v) is 2.60. The molecule has 0 heterocycles. The van der Waals surface area contributed by atoms with Crippen LogP contribution in [0.4, 0.5) is 0 Å². The second-order valence-electron chi connectivity index (χ2n) is 5.18. The number of hydrogen-bond donors (Lipinski definition) is 1. The molecule has 0 aromatic rings. The number of hydrogen-bond acceptors (Lipinski definition) is 3. The average molecular weight is 244 g/mol. The molecule has 0 amide bonds. The van der Waals surface area contributed by atoms with Crippen molar-refractivity contribution in [1.82, 2.24) is 0 Å². The summed E-state index contributed by atoms with van der Waals surface area (Å²) in [7, 11) is 0. The number of carboxylic acid groups (broad SMARTS) is 1. The van der Waals surface area contributed by atoms with Gasteiger partial charge in [0.25, 0.3) is 0 Å². The van der Waals surface area contributed by atoms with Crippen LogP contribution in [0.2, 0.25) is 0 Å². The van der Waals surface area contributed by atoms with Crippen LogP contribution in [0, 0.1) is 5.41 Å². The number of rotatable bonds is 9. The first-order chi connectivity index (χ1) is 7.87. The lowest BCUT2D eigenvalue weighted by Crippen LogP contribution is -2.21. The Labute approximate surface area is 103 Å². The Balaban J connectivity index is 3.71. The normalized spacial score (nSPS) is 11.2. The Kier molecular flexibility index (Phi) is 7.59. The van der Waals surface area contributed by atoms with Gasteiger partial charge in [0.05, 0.1) is 6.61 Å². The molecule has 0 bridgehead atoms. The third kappa shape index (κ3) is 9.85. The largest absolute Gasteiger partial charge is 0.481 e. The number of carbonyl (C=O) groups excluding carboxylic acids is 1. The van der Waals surface area contributed by atoms with Gasteiger partial charge in [-0.15, -0.1) is 0 Å². The van der Waals surface area contributed by atoms with Crippen LogP contribution in [0.1, 0.15) is 59.3 Å². The van der Waals surface area contributed by atoms with Crippen molar-refractivity contribution >= 4 is 11.9 Å². The molecule has 0 atom stereocenters. The van der Waals surface area contributed by atoms with Crippen LogP contribution in [0.25, 0.3) is 0 Å². The maximum Gasteiger partial charge on any atom is 0.305 e. The third-order valence-electron chi connectivity index (χ3n) is 2.60. The van der Waals surface area contributed by atoms with Crippen LogP contribution in [0.3, 0.4) is 0 Å². The molecule has 0 rings (SSSR count). The van der Waals surface area contributed by atoms with E-state index in [2.05, 4.69) is 20.8 Å². The van der Waals surface area contributed by atoms with Crippen LogP contribution in [0.5, 0.6) is 0 Å². The minimum absolute atomic E-state index is 0.0124. The lowest BCUT2D eigenvalue weighted by atomic mass is 9.88. The molecule has 4 nitrogen and oxygen atoms in total. The predicted octanol–water partition coefficient (Wildman–Crippen LogP) is 3.00. The van der Waals surface area contributed by atoms with E-state index in [1.807, 2.05) is 0 Å². The molecule has 4 heteroatoms. The van der Waals surface area contributed by atoms with Gasteiger partial charge >= 0.3 is 11.9 Å². The summed E-state index contributed by atoms with van der Waals surface area (Å²) in [5.41, 5.74) is 0.0124. The van der Waals surface area contributed by atoms with E-state index in [1.165, 1.54) is 0 Å². The maximum absolute atomic E-state index is 11.3. The Bertz CT molecular complexity index is 246. The van der Waals surface area contributed by atoms with Crippen molar-refractivity contribution in [2.45, 2.75) is 59.3 Å². The van der Waals surface area contributed by atoms with E-state index in [4.69, 9.17) is 9.84 Å². The first-order valence-electron chi connectivity index (χ1n) is 6.25. The zero-order valence-corrected chi connectivity index (χ0v) is 11.1. The highest BCUT2D eigenvalue weighted by atomic mass is 16.5. The average Bonchev–Trinajstić information content (AvgIpc) is 2.23. The van der Waals surface area contributed by atoms with Crippen molar-refractivity contribution in [1.29, 1.82) is 0 Å². The first-order valence-corrected chi connectivity index (χ1v) is 6.25. The van der Waals surface area contributed by atoms with Gasteiger partial charge in [-0.3, -0.25) is 9.59 Å². The molecule has 100 valence electrons. The quantitative estimate of drug-likeness (QED) is 0.633. The van der Waals surface area contributed by atoms with Crippen molar-refractivity contribution in [2.24, 2.45) is 5.41 Å². The highest BCUT2D eigenvalue weighted by Gasteiger charge is 2.19. The number of ether oxygens (including phenoxy) is 1. The Morgan fingerprint density at radius 2 is 1.82 bits per heavy atom. The fourth-order valence-electron chi connectivity index (χ4n) is 1.46. The number of aliphatic carboxylic acids is 1.